The van der Waals surface area contributed by atoms with Gasteiger partial charge in [-0.1, -0.05) is 27.2 Å². The van der Waals surface area contributed by atoms with Crippen molar-refractivity contribution >= 4 is 0 Å². The number of hydrogen-bond acceptors (Lipinski definition) is 3. The van der Waals surface area contributed by atoms with E-state index in [0.29, 0.717) is 11.8 Å². The molecule has 0 bridgehead atoms. The molecule has 0 amide bonds. The van der Waals surface area contributed by atoms with Crippen molar-refractivity contribution in [3.63, 3.8) is 0 Å². The number of ether oxygens (including phenoxy) is 1. The van der Waals surface area contributed by atoms with Crippen LogP contribution in [0.15, 0.2) is 18.5 Å². The Bertz CT molecular complexity index is 405. The fourth-order valence-corrected chi connectivity index (χ4v) is 3.06. The molecule has 1 aromatic rings. The molecule has 0 saturated heterocycles. The van der Waals surface area contributed by atoms with E-state index in [1.807, 2.05) is 6.07 Å². The zero-order chi connectivity index (χ0) is 13.8. The summed E-state index contributed by atoms with van der Waals surface area (Å²) in [6.45, 7) is 6.83. The van der Waals surface area contributed by atoms with Crippen molar-refractivity contribution in [3.8, 4) is 5.75 Å². The molecule has 3 nitrogen and oxygen atoms in total. The van der Waals surface area contributed by atoms with Gasteiger partial charge in [-0.25, -0.2) is 0 Å². The molecule has 1 saturated carbocycles. The van der Waals surface area contributed by atoms with Crippen LogP contribution in [0.2, 0.25) is 0 Å². The predicted octanol–water partition coefficient (Wildman–Crippen LogP) is 3.41. The van der Waals surface area contributed by atoms with E-state index in [0.717, 1.165) is 23.7 Å². The largest absolute Gasteiger partial charge is 0.490 e. The Hall–Kier alpha value is -1.09. The second-order valence-corrected chi connectivity index (χ2v) is 6.12. The van der Waals surface area contributed by atoms with E-state index in [4.69, 9.17) is 4.74 Å². The number of aliphatic hydroxyl groups excluding tert-OH is 1. The first-order valence-corrected chi connectivity index (χ1v) is 7.32. The maximum absolute atomic E-state index is 9.35. The summed E-state index contributed by atoms with van der Waals surface area (Å²) in [4.78, 5) is 4.04. The highest BCUT2D eigenvalue weighted by Gasteiger charge is 2.32. The Labute approximate surface area is 116 Å². The molecule has 0 aliphatic heterocycles. The maximum atomic E-state index is 9.35. The average Bonchev–Trinajstić information content (AvgIpc) is 2.39. The molecule has 3 unspecified atom stereocenters. The fourth-order valence-electron chi connectivity index (χ4n) is 3.06. The lowest BCUT2D eigenvalue weighted by atomic mass is 9.75. The van der Waals surface area contributed by atoms with E-state index in [2.05, 4.69) is 25.8 Å². The van der Waals surface area contributed by atoms with E-state index >= 15 is 0 Å². The number of nitrogens with zero attached hydrogens (tertiary/aromatic N) is 1. The molecule has 3 atom stereocenters. The van der Waals surface area contributed by atoms with Crippen LogP contribution in [0.25, 0.3) is 0 Å². The van der Waals surface area contributed by atoms with Crippen LogP contribution in [-0.4, -0.2) is 16.2 Å². The predicted molar refractivity (Wildman–Crippen MR) is 75.9 cm³/mol. The quantitative estimate of drug-likeness (QED) is 0.905. The van der Waals surface area contributed by atoms with E-state index in [-0.39, 0.29) is 12.7 Å². The van der Waals surface area contributed by atoms with Crippen LogP contribution in [0.1, 0.15) is 45.6 Å². The zero-order valence-electron chi connectivity index (χ0n) is 12.2. The van der Waals surface area contributed by atoms with Gasteiger partial charge in [-0.2, -0.15) is 0 Å². The molecule has 106 valence electrons. The molecule has 0 spiro atoms. The second-order valence-electron chi connectivity index (χ2n) is 6.12. The number of rotatable bonds is 4. The van der Waals surface area contributed by atoms with E-state index < -0.39 is 0 Å². The third kappa shape index (κ3) is 3.47. The average molecular weight is 263 g/mol. The number of hydrogen-bond donors (Lipinski definition) is 1. The summed E-state index contributed by atoms with van der Waals surface area (Å²) in [5.41, 5.74) is 0.781. The van der Waals surface area contributed by atoms with Gasteiger partial charge in [0.25, 0.3) is 0 Å². The van der Waals surface area contributed by atoms with Crippen LogP contribution >= 0.6 is 0 Å². The van der Waals surface area contributed by atoms with Crippen molar-refractivity contribution < 1.29 is 9.84 Å². The summed E-state index contributed by atoms with van der Waals surface area (Å²) in [6.07, 6.45) is 7.32. The smallest absolute Gasteiger partial charge is 0.128 e. The van der Waals surface area contributed by atoms with Gasteiger partial charge >= 0.3 is 0 Å². The van der Waals surface area contributed by atoms with Crippen molar-refractivity contribution in [2.45, 2.75) is 52.7 Å². The maximum Gasteiger partial charge on any atom is 0.128 e. The monoisotopic (exact) mass is 263 g/mol. The lowest BCUT2D eigenvalue weighted by Gasteiger charge is -2.37. The van der Waals surface area contributed by atoms with Gasteiger partial charge in [-0.3, -0.25) is 4.98 Å². The van der Waals surface area contributed by atoms with Crippen molar-refractivity contribution in [2.75, 3.05) is 0 Å². The first-order valence-electron chi connectivity index (χ1n) is 7.32. The highest BCUT2D eigenvalue weighted by Crippen LogP contribution is 2.36. The van der Waals surface area contributed by atoms with Crippen molar-refractivity contribution in [3.05, 3.63) is 24.0 Å². The number of pyridine rings is 1. The van der Waals surface area contributed by atoms with Gasteiger partial charge in [0.1, 0.15) is 11.9 Å². The lowest BCUT2D eigenvalue weighted by molar-refractivity contribution is 0.0443. The Morgan fingerprint density at radius 3 is 2.89 bits per heavy atom. The molecule has 3 heteroatoms. The van der Waals surface area contributed by atoms with Gasteiger partial charge in [0.2, 0.25) is 0 Å². The summed E-state index contributed by atoms with van der Waals surface area (Å²) >= 11 is 0. The van der Waals surface area contributed by atoms with Crippen LogP contribution in [0.4, 0.5) is 0 Å². The molecule has 0 radical (unpaired) electrons. The van der Waals surface area contributed by atoms with E-state index in [9.17, 15) is 5.11 Å². The van der Waals surface area contributed by atoms with Gasteiger partial charge in [-0.15, -0.1) is 0 Å². The molecule has 1 aliphatic carbocycles. The molecule has 19 heavy (non-hydrogen) atoms. The van der Waals surface area contributed by atoms with Crippen LogP contribution in [-0.2, 0) is 6.61 Å². The molecule has 1 aromatic heterocycles. The van der Waals surface area contributed by atoms with Crippen LogP contribution in [0.5, 0.6) is 5.75 Å². The van der Waals surface area contributed by atoms with Crippen molar-refractivity contribution in [1.29, 1.82) is 0 Å². The Morgan fingerprint density at radius 1 is 1.42 bits per heavy atom. The lowest BCUT2D eigenvalue weighted by Crippen LogP contribution is -2.36. The summed E-state index contributed by atoms with van der Waals surface area (Å²) in [5.74, 6) is 2.76. The third-order valence-corrected chi connectivity index (χ3v) is 4.27. The Morgan fingerprint density at radius 2 is 2.21 bits per heavy atom. The number of aliphatic hydroxyl groups is 1. The summed E-state index contributed by atoms with van der Waals surface area (Å²) < 4.78 is 6.22. The molecule has 1 aliphatic rings. The highest BCUT2D eigenvalue weighted by molar-refractivity contribution is 5.29. The van der Waals surface area contributed by atoms with Crippen LogP contribution in [0, 0.1) is 17.8 Å². The van der Waals surface area contributed by atoms with Gasteiger partial charge in [0.15, 0.2) is 0 Å². The molecule has 2 rings (SSSR count). The van der Waals surface area contributed by atoms with Gasteiger partial charge in [-0.05, 0) is 36.7 Å². The standard InChI is InChI=1S/C16H25NO2/c1-11(2)14-5-4-12(3)8-16(14)19-15-6-7-17-9-13(15)10-18/h6-7,9,11-12,14,16,18H,4-5,8,10H2,1-3H3. The van der Waals surface area contributed by atoms with Crippen LogP contribution < -0.4 is 4.74 Å². The molecule has 1 fully saturated rings. The summed E-state index contributed by atoms with van der Waals surface area (Å²) in [5, 5.41) is 9.35. The SMILES string of the molecule is CC1CCC(C(C)C)C(Oc2ccncc2CO)C1. The van der Waals surface area contributed by atoms with Crippen molar-refractivity contribution in [1.82, 2.24) is 4.98 Å². The Balaban J connectivity index is 2.14. The molecule has 1 heterocycles. The second kappa shape index (κ2) is 6.38. The minimum absolute atomic E-state index is 0.0161. The zero-order valence-corrected chi connectivity index (χ0v) is 12.2. The van der Waals surface area contributed by atoms with E-state index in [1.54, 1.807) is 12.4 Å². The van der Waals surface area contributed by atoms with E-state index in [1.165, 1.54) is 12.8 Å². The van der Waals surface area contributed by atoms with Gasteiger partial charge in [0.05, 0.1) is 6.61 Å². The third-order valence-electron chi connectivity index (χ3n) is 4.27. The van der Waals surface area contributed by atoms with Crippen molar-refractivity contribution in [2.24, 2.45) is 17.8 Å². The topological polar surface area (TPSA) is 42.4 Å². The number of aromatic nitrogens is 1. The molecule has 1 N–H and O–H groups in total. The minimum atomic E-state index is -0.0161. The highest BCUT2D eigenvalue weighted by atomic mass is 16.5. The first kappa shape index (κ1) is 14.3. The molecule has 0 aromatic carbocycles. The summed E-state index contributed by atoms with van der Waals surface area (Å²) in [6, 6.07) is 1.86. The van der Waals surface area contributed by atoms with Gasteiger partial charge < -0.3 is 9.84 Å². The molecular formula is C16H25NO2. The molecular weight excluding hydrogens is 238 g/mol. The minimum Gasteiger partial charge on any atom is -0.490 e. The van der Waals surface area contributed by atoms with Crippen LogP contribution in [0.3, 0.4) is 0 Å². The normalized spacial score (nSPS) is 27.5. The fraction of sp³-hybridized carbons (Fsp3) is 0.688. The summed E-state index contributed by atoms with van der Waals surface area (Å²) in [7, 11) is 0. The Kier molecular flexibility index (Phi) is 4.81. The van der Waals surface area contributed by atoms with Gasteiger partial charge in [0, 0.05) is 18.0 Å². The first-order chi connectivity index (χ1) is 9.11.